The molecule has 3 nitrogen and oxygen atoms in total. The molecule has 0 bridgehead atoms. The number of aliphatic hydroxyl groups is 1. The normalized spacial score (nSPS) is 12.9. The van der Waals surface area contributed by atoms with Gasteiger partial charge >= 0.3 is 0 Å². The zero-order valence-corrected chi connectivity index (χ0v) is 10.4. The second kappa shape index (κ2) is 4.80. The van der Waals surface area contributed by atoms with E-state index in [1.165, 1.54) is 21.9 Å². The molecule has 0 saturated heterocycles. The van der Waals surface area contributed by atoms with Crippen molar-refractivity contribution in [3.63, 3.8) is 0 Å². The Morgan fingerprint density at radius 3 is 2.94 bits per heavy atom. The van der Waals surface area contributed by atoms with E-state index in [0.717, 1.165) is 18.5 Å². The van der Waals surface area contributed by atoms with Crippen molar-refractivity contribution < 1.29 is 5.11 Å². The fourth-order valence-electron chi connectivity index (χ4n) is 1.63. The van der Waals surface area contributed by atoms with E-state index in [0.29, 0.717) is 0 Å². The van der Waals surface area contributed by atoms with Gasteiger partial charge in [0.05, 0.1) is 11.6 Å². The van der Waals surface area contributed by atoms with Crippen molar-refractivity contribution in [1.82, 2.24) is 4.37 Å². The number of nitrogens with zero attached hydrogens (tertiary/aromatic N) is 2. The van der Waals surface area contributed by atoms with Gasteiger partial charge in [0, 0.05) is 19.0 Å². The highest BCUT2D eigenvalue weighted by Gasteiger charge is 2.10. The number of aromatic nitrogens is 1. The van der Waals surface area contributed by atoms with E-state index in [9.17, 15) is 5.11 Å². The van der Waals surface area contributed by atoms with Crippen LogP contribution in [0.4, 0.5) is 5.00 Å². The molecule has 0 radical (unpaired) electrons. The Morgan fingerprint density at radius 2 is 2.19 bits per heavy atom. The van der Waals surface area contributed by atoms with Gasteiger partial charge in [0.25, 0.3) is 0 Å². The third-order valence-corrected chi connectivity index (χ3v) is 3.59. The van der Waals surface area contributed by atoms with E-state index in [2.05, 4.69) is 15.3 Å². The van der Waals surface area contributed by atoms with Crippen LogP contribution in [0.5, 0.6) is 0 Å². The van der Waals surface area contributed by atoms with E-state index < -0.39 is 0 Å². The molecule has 0 fully saturated rings. The van der Waals surface area contributed by atoms with Crippen molar-refractivity contribution in [2.75, 3.05) is 18.5 Å². The summed E-state index contributed by atoms with van der Waals surface area (Å²) in [5.74, 6) is 0. The van der Waals surface area contributed by atoms with Crippen molar-refractivity contribution in [2.45, 2.75) is 19.4 Å². The number of anilines is 1. The van der Waals surface area contributed by atoms with Crippen molar-refractivity contribution >= 4 is 27.4 Å². The second-order valence-corrected chi connectivity index (χ2v) is 4.82. The lowest BCUT2D eigenvalue weighted by Crippen LogP contribution is -2.20. The molecule has 2 rings (SSSR count). The predicted molar refractivity (Wildman–Crippen MR) is 69.2 cm³/mol. The molecule has 0 aliphatic rings. The van der Waals surface area contributed by atoms with Gasteiger partial charge in [0.2, 0.25) is 0 Å². The molecule has 1 unspecified atom stereocenters. The third kappa shape index (κ3) is 2.33. The molecule has 2 aromatic rings. The summed E-state index contributed by atoms with van der Waals surface area (Å²) in [5, 5.41) is 11.6. The zero-order valence-electron chi connectivity index (χ0n) is 9.55. The quantitative estimate of drug-likeness (QED) is 0.886. The van der Waals surface area contributed by atoms with Crippen LogP contribution in [-0.2, 0) is 0 Å². The molecule has 1 aromatic carbocycles. The summed E-state index contributed by atoms with van der Waals surface area (Å²) in [6, 6.07) is 8.15. The minimum atomic E-state index is -0.248. The summed E-state index contributed by atoms with van der Waals surface area (Å²) in [6.07, 6.45) is 0.532. The Labute approximate surface area is 99.5 Å². The van der Waals surface area contributed by atoms with Crippen LogP contribution in [0, 0.1) is 0 Å². The van der Waals surface area contributed by atoms with Crippen LogP contribution >= 0.6 is 11.5 Å². The Morgan fingerprint density at radius 1 is 1.44 bits per heavy atom. The lowest BCUT2D eigenvalue weighted by Gasteiger charge is -2.17. The SMILES string of the molecule is CC(O)CCN(C)c1snc2ccccc12. The topological polar surface area (TPSA) is 36.4 Å². The Balaban J connectivity index is 2.19. The van der Waals surface area contributed by atoms with Crippen molar-refractivity contribution in [3.8, 4) is 0 Å². The molecule has 0 saturated carbocycles. The molecular formula is C12H16N2OS. The zero-order chi connectivity index (χ0) is 11.5. The monoisotopic (exact) mass is 236 g/mol. The van der Waals surface area contributed by atoms with Gasteiger partial charge in [-0.05, 0) is 37.0 Å². The van der Waals surface area contributed by atoms with Crippen molar-refractivity contribution in [3.05, 3.63) is 24.3 Å². The molecule has 0 aliphatic heterocycles. The molecular weight excluding hydrogens is 220 g/mol. The highest BCUT2D eigenvalue weighted by Crippen LogP contribution is 2.30. The van der Waals surface area contributed by atoms with Gasteiger partial charge < -0.3 is 10.0 Å². The van der Waals surface area contributed by atoms with E-state index in [1.54, 1.807) is 0 Å². The molecule has 16 heavy (non-hydrogen) atoms. The molecule has 0 spiro atoms. The summed E-state index contributed by atoms with van der Waals surface area (Å²) in [6.45, 7) is 2.67. The first-order valence-electron chi connectivity index (χ1n) is 5.42. The van der Waals surface area contributed by atoms with Crippen LogP contribution in [0.1, 0.15) is 13.3 Å². The summed E-state index contributed by atoms with van der Waals surface area (Å²) in [7, 11) is 2.04. The predicted octanol–water partition coefficient (Wildman–Crippen LogP) is 2.50. The number of fused-ring (bicyclic) bond motifs is 1. The molecule has 4 heteroatoms. The fourth-order valence-corrected chi connectivity index (χ4v) is 2.48. The third-order valence-electron chi connectivity index (χ3n) is 2.59. The molecule has 1 atom stereocenters. The highest BCUT2D eigenvalue weighted by atomic mass is 32.1. The second-order valence-electron chi connectivity index (χ2n) is 4.06. The minimum absolute atomic E-state index is 0.248. The van der Waals surface area contributed by atoms with Crippen molar-refractivity contribution in [1.29, 1.82) is 0 Å². The minimum Gasteiger partial charge on any atom is -0.393 e. The van der Waals surface area contributed by atoms with Gasteiger partial charge in [-0.3, -0.25) is 0 Å². The first kappa shape index (κ1) is 11.4. The van der Waals surface area contributed by atoms with E-state index in [4.69, 9.17) is 0 Å². The van der Waals surface area contributed by atoms with Crippen LogP contribution in [0.3, 0.4) is 0 Å². The van der Waals surface area contributed by atoms with E-state index >= 15 is 0 Å². The largest absolute Gasteiger partial charge is 0.393 e. The maximum atomic E-state index is 9.27. The van der Waals surface area contributed by atoms with Gasteiger partial charge in [0.1, 0.15) is 5.00 Å². The molecule has 86 valence electrons. The maximum absolute atomic E-state index is 9.27. The van der Waals surface area contributed by atoms with Crippen LogP contribution in [0.15, 0.2) is 24.3 Å². The number of aliphatic hydroxyl groups excluding tert-OH is 1. The first-order valence-corrected chi connectivity index (χ1v) is 6.19. The molecule has 1 N–H and O–H groups in total. The first-order chi connectivity index (χ1) is 7.68. The van der Waals surface area contributed by atoms with Gasteiger partial charge in [-0.15, -0.1) is 0 Å². The lowest BCUT2D eigenvalue weighted by atomic mass is 10.2. The van der Waals surface area contributed by atoms with Crippen molar-refractivity contribution in [2.24, 2.45) is 0 Å². The van der Waals surface area contributed by atoms with Crippen LogP contribution < -0.4 is 4.90 Å². The van der Waals surface area contributed by atoms with Crippen LogP contribution in [0.25, 0.3) is 10.9 Å². The summed E-state index contributed by atoms with van der Waals surface area (Å²) >= 11 is 1.52. The smallest absolute Gasteiger partial charge is 0.119 e. The number of benzene rings is 1. The molecule has 0 amide bonds. The number of hydrogen-bond acceptors (Lipinski definition) is 4. The highest BCUT2D eigenvalue weighted by molar-refractivity contribution is 7.11. The Bertz CT molecular complexity index is 467. The lowest BCUT2D eigenvalue weighted by molar-refractivity contribution is 0.187. The Kier molecular flexibility index (Phi) is 3.41. The number of rotatable bonds is 4. The average molecular weight is 236 g/mol. The average Bonchev–Trinajstić information content (AvgIpc) is 2.69. The molecule has 1 heterocycles. The summed E-state index contributed by atoms with van der Waals surface area (Å²) in [4.78, 5) is 2.16. The van der Waals surface area contributed by atoms with Crippen LogP contribution in [-0.4, -0.2) is 29.2 Å². The standard InChI is InChI=1S/C12H16N2OS/c1-9(15)7-8-14(2)12-10-5-3-4-6-11(10)13-16-12/h3-6,9,15H,7-8H2,1-2H3. The fraction of sp³-hybridized carbons (Fsp3) is 0.417. The van der Waals surface area contributed by atoms with Gasteiger partial charge in [-0.25, -0.2) is 0 Å². The molecule has 1 aromatic heterocycles. The summed E-state index contributed by atoms with van der Waals surface area (Å²) in [5.41, 5.74) is 1.05. The molecule has 0 aliphatic carbocycles. The number of hydrogen-bond donors (Lipinski definition) is 1. The maximum Gasteiger partial charge on any atom is 0.119 e. The van der Waals surface area contributed by atoms with Crippen LogP contribution in [0.2, 0.25) is 0 Å². The Hall–Kier alpha value is -1.13. The van der Waals surface area contributed by atoms with Gasteiger partial charge in [-0.2, -0.15) is 4.37 Å². The van der Waals surface area contributed by atoms with Gasteiger partial charge in [0.15, 0.2) is 0 Å². The van der Waals surface area contributed by atoms with Gasteiger partial charge in [-0.1, -0.05) is 12.1 Å². The van der Waals surface area contributed by atoms with E-state index in [-0.39, 0.29) is 6.10 Å². The summed E-state index contributed by atoms with van der Waals surface area (Å²) < 4.78 is 4.40. The van der Waals surface area contributed by atoms with E-state index in [1.807, 2.05) is 32.2 Å².